The first-order chi connectivity index (χ1) is 9.94. The lowest BCUT2D eigenvalue weighted by atomic mass is 10.3. The van der Waals surface area contributed by atoms with Crippen LogP contribution in [-0.2, 0) is 23.0 Å². The third-order valence-corrected chi connectivity index (χ3v) is 4.62. The number of rotatable bonds is 7. The zero-order chi connectivity index (χ0) is 15.5. The molecule has 0 bridgehead atoms. The van der Waals surface area contributed by atoms with Gasteiger partial charge in [-0.15, -0.1) is 0 Å². The van der Waals surface area contributed by atoms with Crippen molar-refractivity contribution in [2.75, 3.05) is 6.54 Å². The summed E-state index contributed by atoms with van der Waals surface area (Å²) in [4.78, 5) is 7.23. The van der Waals surface area contributed by atoms with E-state index in [1.165, 1.54) is 0 Å². The van der Waals surface area contributed by atoms with E-state index >= 15 is 0 Å². The number of imidazole rings is 1. The standard InChI is InChI=1S/C13H21N5O2S/c1-10(2)18-9-12(7-11(18)8-14)21(19,20)17-4-3-13-15-5-6-16-13/h5-7,9-10,17H,3-4,8,14H2,1-2H3,(H,15,16). The fourth-order valence-corrected chi connectivity index (χ4v) is 3.19. The summed E-state index contributed by atoms with van der Waals surface area (Å²) < 4.78 is 29.0. The number of nitrogens with one attached hydrogen (secondary N) is 2. The minimum atomic E-state index is -3.53. The Morgan fingerprint density at radius 1 is 1.48 bits per heavy atom. The van der Waals surface area contributed by atoms with Crippen LogP contribution in [0.1, 0.15) is 31.4 Å². The molecule has 0 spiro atoms. The molecule has 0 unspecified atom stereocenters. The zero-order valence-electron chi connectivity index (χ0n) is 12.2. The maximum atomic E-state index is 12.3. The first-order valence-corrected chi connectivity index (χ1v) is 8.31. The molecule has 7 nitrogen and oxygen atoms in total. The number of H-pyrrole nitrogens is 1. The molecular weight excluding hydrogens is 290 g/mol. The molecular formula is C13H21N5O2S. The van der Waals surface area contributed by atoms with Gasteiger partial charge in [0.1, 0.15) is 5.82 Å². The molecule has 2 rings (SSSR count). The van der Waals surface area contributed by atoms with Gasteiger partial charge in [-0.1, -0.05) is 0 Å². The molecule has 116 valence electrons. The van der Waals surface area contributed by atoms with E-state index in [1.807, 2.05) is 18.4 Å². The van der Waals surface area contributed by atoms with E-state index in [4.69, 9.17) is 5.73 Å². The largest absolute Gasteiger partial charge is 0.349 e. The maximum Gasteiger partial charge on any atom is 0.242 e. The Bertz CT molecular complexity index is 673. The van der Waals surface area contributed by atoms with Gasteiger partial charge in [0.25, 0.3) is 0 Å². The van der Waals surface area contributed by atoms with Crippen LogP contribution in [0.15, 0.2) is 29.6 Å². The summed E-state index contributed by atoms with van der Waals surface area (Å²) in [5.74, 6) is 0.750. The van der Waals surface area contributed by atoms with Gasteiger partial charge in [-0.3, -0.25) is 0 Å². The second kappa shape index (κ2) is 6.42. The summed E-state index contributed by atoms with van der Waals surface area (Å²) in [7, 11) is -3.53. The Morgan fingerprint density at radius 2 is 2.24 bits per heavy atom. The Morgan fingerprint density at radius 3 is 2.76 bits per heavy atom. The van der Waals surface area contributed by atoms with Crippen LogP contribution in [0.2, 0.25) is 0 Å². The third kappa shape index (κ3) is 3.72. The van der Waals surface area contributed by atoms with E-state index in [1.54, 1.807) is 24.7 Å². The molecule has 0 atom stereocenters. The van der Waals surface area contributed by atoms with E-state index < -0.39 is 10.0 Å². The lowest BCUT2D eigenvalue weighted by Crippen LogP contribution is -2.26. The minimum Gasteiger partial charge on any atom is -0.349 e. The van der Waals surface area contributed by atoms with Crippen molar-refractivity contribution in [1.82, 2.24) is 19.3 Å². The zero-order valence-corrected chi connectivity index (χ0v) is 13.0. The summed E-state index contributed by atoms with van der Waals surface area (Å²) in [5.41, 5.74) is 6.46. The molecule has 2 aromatic heterocycles. The van der Waals surface area contributed by atoms with Gasteiger partial charge in [-0.05, 0) is 19.9 Å². The van der Waals surface area contributed by atoms with Gasteiger partial charge < -0.3 is 15.3 Å². The van der Waals surface area contributed by atoms with Crippen LogP contribution in [0.5, 0.6) is 0 Å². The van der Waals surface area contributed by atoms with Gasteiger partial charge >= 0.3 is 0 Å². The summed E-state index contributed by atoms with van der Waals surface area (Å²) in [5, 5.41) is 0. The van der Waals surface area contributed by atoms with E-state index in [0.29, 0.717) is 19.5 Å². The van der Waals surface area contributed by atoms with Crippen LogP contribution >= 0.6 is 0 Å². The molecule has 0 aliphatic rings. The minimum absolute atomic E-state index is 0.163. The van der Waals surface area contributed by atoms with Gasteiger partial charge in [0.2, 0.25) is 10.0 Å². The second-order valence-electron chi connectivity index (χ2n) is 5.06. The molecule has 0 radical (unpaired) electrons. The van der Waals surface area contributed by atoms with Crippen LogP contribution in [-0.4, -0.2) is 29.5 Å². The van der Waals surface area contributed by atoms with Crippen molar-refractivity contribution < 1.29 is 8.42 Å². The number of nitrogens with zero attached hydrogens (tertiary/aromatic N) is 2. The highest BCUT2D eigenvalue weighted by molar-refractivity contribution is 7.89. The Balaban J connectivity index is 2.08. The predicted molar refractivity (Wildman–Crippen MR) is 80.2 cm³/mol. The number of nitrogens with two attached hydrogens (primary N) is 1. The van der Waals surface area contributed by atoms with Gasteiger partial charge in [0.05, 0.1) is 4.90 Å². The molecule has 0 aromatic carbocycles. The lowest BCUT2D eigenvalue weighted by molar-refractivity contribution is 0.569. The van der Waals surface area contributed by atoms with Crippen molar-refractivity contribution in [2.24, 2.45) is 5.73 Å². The van der Waals surface area contributed by atoms with Crippen molar-refractivity contribution in [1.29, 1.82) is 0 Å². The summed E-state index contributed by atoms with van der Waals surface area (Å²) in [6, 6.07) is 1.78. The number of aromatic nitrogens is 3. The number of sulfonamides is 1. The van der Waals surface area contributed by atoms with E-state index in [-0.39, 0.29) is 10.9 Å². The fourth-order valence-electron chi connectivity index (χ4n) is 2.11. The van der Waals surface area contributed by atoms with Crippen LogP contribution in [0.25, 0.3) is 0 Å². The molecule has 0 amide bonds. The summed E-state index contributed by atoms with van der Waals surface area (Å²) in [6.45, 7) is 4.57. The van der Waals surface area contributed by atoms with Crippen LogP contribution in [0, 0.1) is 0 Å². The van der Waals surface area contributed by atoms with Crippen molar-refractivity contribution in [3.8, 4) is 0 Å². The Kier molecular flexibility index (Phi) is 4.81. The monoisotopic (exact) mass is 311 g/mol. The molecule has 0 fully saturated rings. The van der Waals surface area contributed by atoms with Crippen molar-refractivity contribution >= 4 is 10.0 Å². The fraction of sp³-hybridized carbons (Fsp3) is 0.462. The molecule has 8 heteroatoms. The molecule has 0 saturated carbocycles. The van der Waals surface area contributed by atoms with Gasteiger partial charge in [0.15, 0.2) is 0 Å². The maximum absolute atomic E-state index is 12.3. The topological polar surface area (TPSA) is 106 Å². The molecule has 21 heavy (non-hydrogen) atoms. The van der Waals surface area contributed by atoms with Crippen molar-refractivity contribution in [3.63, 3.8) is 0 Å². The molecule has 0 aliphatic heterocycles. The first kappa shape index (κ1) is 15.7. The highest BCUT2D eigenvalue weighted by atomic mass is 32.2. The van der Waals surface area contributed by atoms with Gasteiger partial charge in [-0.2, -0.15) is 0 Å². The number of aromatic amines is 1. The Hall–Kier alpha value is -1.64. The van der Waals surface area contributed by atoms with E-state index in [2.05, 4.69) is 14.7 Å². The van der Waals surface area contributed by atoms with Gasteiger partial charge in [0, 0.05) is 49.8 Å². The van der Waals surface area contributed by atoms with E-state index in [0.717, 1.165) is 11.5 Å². The van der Waals surface area contributed by atoms with Crippen molar-refractivity contribution in [2.45, 2.75) is 37.8 Å². The first-order valence-electron chi connectivity index (χ1n) is 6.83. The summed E-state index contributed by atoms with van der Waals surface area (Å²) in [6.07, 6.45) is 5.49. The van der Waals surface area contributed by atoms with Crippen LogP contribution < -0.4 is 10.5 Å². The summed E-state index contributed by atoms with van der Waals surface area (Å²) >= 11 is 0. The molecule has 0 aliphatic carbocycles. The molecule has 4 N–H and O–H groups in total. The smallest absolute Gasteiger partial charge is 0.242 e. The average molecular weight is 311 g/mol. The molecule has 0 saturated heterocycles. The highest BCUT2D eigenvalue weighted by Gasteiger charge is 2.18. The normalized spacial score (nSPS) is 12.2. The van der Waals surface area contributed by atoms with Crippen LogP contribution in [0.3, 0.4) is 0 Å². The number of hydrogen-bond acceptors (Lipinski definition) is 4. The molecule has 2 heterocycles. The van der Waals surface area contributed by atoms with Gasteiger partial charge in [-0.25, -0.2) is 18.1 Å². The highest BCUT2D eigenvalue weighted by Crippen LogP contribution is 2.18. The van der Waals surface area contributed by atoms with Crippen LogP contribution in [0.4, 0.5) is 0 Å². The predicted octanol–water partition coefficient (Wildman–Crippen LogP) is 0.772. The molecule has 2 aromatic rings. The lowest BCUT2D eigenvalue weighted by Gasteiger charge is -2.10. The number of hydrogen-bond donors (Lipinski definition) is 3. The Labute approximate surface area is 124 Å². The second-order valence-corrected chi connectivity index (χ2v) is 6.82. The average Bonchev–Trinajstić information content (AvgIpc) is 3.07. The SMILES string of the molecule is CC(C)n1cc(S(=O)(=O)NCCc2ncc[nH]2)cc1CN. The third-order valence-electron chi connectivity index (χ3n) is 3.19. The van der Waals surface area contributed by atoms with E-state index in [9.17, 15) is 8.42 Å². The van der Waals surface area contributed by atoms with Crippen molar-refractivity contribution in [3.05, 3.63) is 36.2 Å². The quantitative estimate of drug-likeness (QED) is 0.702.